The Morgan fingerprint density at radius 1 is 1.29 bits per heavy atom. The van der Waals surface area contributed by atoms with E-state index < -0.39 is 5.91 Å². The summed E-state index contributed by atoms with van der Waals surface area (Å²) in [6, 6.07) is 5.10. The van der Waals surface area contributed by atoms with Crippen molar-refractivity contribution in [3.63, 3.8) is 0 Å². The second kappa shape index (κ2) is 5.89. The van der Waals surface area contributed by atoms with E-state index in [4.69, 9.17) is 16.2 Å². The minimum absolute atomic E-state index is 0.135. The monoisotopic (exact) mass is 236 g/mol. The zero-order chi connectivity index (χ0) is 12.8. The molecule has 0 saturated carbocycles. The van der Waals surface area contributed by atoms with Gasteiger partial charge >= 0.3 is 5.97 Å². The van der Waals surface area contributed by atoms with Gasteiger partial charge in [-0.1, -0.05) is 12.1 Å². The van der Waals surface area contributed by atoms with Crippen LogP contribution in [0.15, 0.2) is 18.2 Å². The van der Waals surface area contributed by atoms with Gasteiger partial charge in [0.05, 0.1) is 19.4 Å². The van der Waals surface area contributed by atoms with Crippen LogP contribution in [0, 0.1) is 0 Å². The molecule has 0 radical (unpaired) electrons. The molecule has 1 amide bonds. The van der Waals surface area contributed by atoms with Crippen LogP contribution in [0.25, 0.3) is 0 Å². The van der Waals surface area contributed by atoms with E-state index in [0.717, 1.165) is 5.56 Å². The van der Waals surface area contributed by atoms with Gasteiger partial charge in [-0.2, -0.15) is 0 Å². The summed E-state index contributed by atoms with van der Waals surface area (Å²) >= 11 is 0. The minimum Gasteiger partial charge on any atom is -0.466 e. The van der Waals surface area contributed by atoms with Crippen molar-refractivity contribution in [3.05, 3.63) is 29.3 Å². The van der Waals surface area contributed by atoms with Crippen LogP contribution in [-0.2, 0) is 27.2 Å². The SMILES string of the molecule is CCOC(=O)Cc1ccc(CC(N)=O)cc1N. The number of amides is 1. The molecule has 0 unspecified atom stereocenters. The standard InChI is InChI=1S/C12H16N2O3/c1-2-17-12(16)7-9-4-3-8(5-10(9)13)6-11(14)15/h3-5H,2,6-7,13H2,1H3,(H2,14,15). The predicted octanol–water partition coefficient (Wildman–Crippen LogP) is 0.402. The Morgan fingerprint density at radius 3 is 2.53 bits per heavy atom. The quantitative estimate of drug-likeness (QED) is 0.571. The molecule has 5 nitrogen and oxygen atoms in total. The number of carbonyl (C=O) groups is 2. The molecule has 0 heterocycles. The molecule has 17 heavy (non-hydrogen) atoms. The number of primary amides is 1. The van der Waals surface area contributed by atoms with Crippen molar-refractivity contribution in [3.8, 4) is 0 Å². The van der Waals surface area contributed by atoms with Crippen LogP contribution in [0.4, 0.5) is 5.69 Å². The number of rotatable bonds is 5. The number of nitrogens with two attached hydrogens (primary N) is 2. The highest BCUT2D eigenvalue weighted by Crippen LogP contribution is 2.15. The summed E-state index contributed by atoms with van der Waals surface area (Å²) in [4.78, 5) is 22.0. The zero-order valence-corrected chi connectivity index (χ0v) is 9.73. The van der Waals surface area contributed by atoms with Crippen molar-refractivity contribution in [1.82, 2.24) is 0 Å². The van der Waals surface area contributed by atoms with E-state index in [1.165, 1.54) is 0 Å². The fraction of sp³-hybridized carbons (Fsp3) is 0.333. The Bertz CT molecular complexity index is 430. The normalized spacial score (nSPS) is 9.94. The van der Waals surface area contributed by atoms with Crippen LogP contribution in [0.1, 0.15) is 18.1 Å². The van der Waals surface area contributed by atoms with Gasteiger partial charge in [0, 0.05) is 5.69 Å². The molecule has 0 aliphatic carbocycles. The Labute approximate surface area is 99.7 Å². The predicted molar refractivity (Wildman–Crippen MR) is 64.1 cm³/mol. The van der Waals surface area contributed by atoms with E-state index in [1.807, 2.05) is 0 Å². The van der Waals surface area contributed by atoms with Gasteiger partial charge in [-0.25, -0.2) is 0 Å². The molecule has 92 valence electrons. The van der Waals surface area contributed by atoms with Gasteiger partial charge < -0.3 is 16.2 Å². The average molecular weight is 236 g/mol. The summed E-state index contributed by atoms with van der Waals surface area (Å²) in [5.74, 6) is -0.732. The lowest BCUT2D eigenvalue weighted by molar-refractivity contribution is -0.142. The van der Waals surface area contributed by atoms with Crippen molar-refractivity contribution in [2.45, 2.75) is 19.8 Å². The molecule has 1 aromatic rings. The number of ether oxygens (including phenoxy) is 1. The third-order valence-electron chi connectivity index (χ3n) is 2.23. The number of esters is 1. The Balaban J connectivity index is 2.75. The number of benzene rings is 1. The Hall–Kier alpha value is -2.04. The molecule has 1 rings (SSSR count). The van der Waals surface area contributed by atoms with E-state index in [-0.39, 0.29) is 18.8 Å². The van der Waals surface area contributed by atoms with Crippen LogP contribution >= 0.6 is 0 Å². The summed E-state index contributed by atoms with van der Waals surface area (Å²) in [6.07, 6.45) is 0.278. The van der Waals surface area contributed by atoms with E-state index >= 15 is 0 Å². The van der Waals surface area contributed by atoms with E-state index in [2.05, 4.69) is 0 Å². The molecule has 0 atom stereocenters. The lowest BCUT2D eigenvalue weighted by atomic mass is 10.0. The number of hydrogen-bond acceptors (Lipinski definition) is 4. The van der Waals surface area contributed by atoms with E-state index in [0.29, 0.717) is 17.9 Å². The number of hydrogen-bond donors (Lipinski definition) is 2. The van der Waals surface area contributed by atoms with E-state index in [9.17, 15) is 9.59 Å². The van der Waals surface area contributed by atoms with Gasteiger partial charge in [-0.3, -0.25) is 9.59 Å². The molecule has 4 N–H and O–H groups in total. The molecule has 5 heteroatoms. The van der Waals surface area contributed by atoms with Crippen molar-refractivity contribution in [2.75, 3.05) is 12.3 Å². The number of anilines is 1. The second-order valence-electron chi connectivity index (χ2n) is 3.66. The van der Waals surface area contributed by atoms with Crippen LogP contribution < -0.4 is 11.5 Å². The van der Waals surface area contributed by atoms with E-state index in [1.54, 1.807) is 25.1 Å². The molecule has 0 spiro atoms. The summed E-state index contributed by atoms with van der Waals surface area (Å²) in [7, 11) is 0. The third-order valence-corrected chi connectivity index (χ3v) is 2.23. The van der Waals surface area contributed by atoms with Gasteiger partial charge in [0.2, 0.25) is 5.91 Å². The average Bonchev–Trinajstić information content (AvgIpc) is 2.21. The molecular weight excluding hydrogens is 220 g/mol. The highest BCUT2D eigenvalue weighted by molar-refractivity contribution is 5.78. The fourth-order valence-corrected chi connectivity index (χ4v) is 1.48. The second-order valence-corrected chi connectivity index (χ2v) is 3.66. The first-order valence-electron chi connectivity index (χ1n) is 5.34. The first-order valence-corrected chi connectivity index (χ1v) is 5.34. The van der Waals surface area contributed by atoms with Crippen LogP contribution in [0.3, 0.4) is 0 Å². The molecule has 0 bridgehead atoms. The molecular formula is C12H16N2O3. The first-order chi connectivity index (χ1) is 8.02. The van der Waals surface area contributed by atoms with Crippen LogP contribution in [0.2, 0.25) is 0 Å². The fourth-order valence-electron chi connectivity index (χ4n) is 1.48. The topological polar surface area (TPSA) is 95.4 Å². The van der Waals surface area contributed by atoms with Crippen LogP contribution in [-0.4, -0.2) is 18.5 Å². The smallest absolute Gasteiger partial charge is 0.310 e. The highest BCUT2D eigenvalue weighted by Gasteiger charge is 2.08. The summed E-state index contributed by atoms with van der Waals surface area (Å²) < 4.78 is 4.83. The molecule has 0 fully saturated rings. The molecule has 0 aliphatic rings. The zero-order valence-electron chi connectivity index (χ0n) is 9.73. The Kier molecular flexibility index (Phi) is 4.51. The first kappa shape index (κ1) is 13.0. The maximum atomic E-state index is 11.3. The van der Waals surface area contributed by atoms with Gasteiger partial charge in [-0.05, 0) is 24.1 Å². The Morgan fingerprint density at radius 2 is 2.00 bits per heavy atom. The summed E-state index contributed by atoms with van der Waals surface area (Å²) in [6.45, 7) is 2.09. The van der Waals surface area contributed by atoms with Crippen molar-refractivity contribution >= 4 is 17.6 Å². The van der Waals surface area contributed by atoms with Gasteiger partial charge in [0.1, 0.15) is 0 Å². The summed E-state index contributed by atoms with van der Waals surface area (Å²) in [5, 5.41) is 0. The van der Waals surface area contributed by atoms with Gasteiger partial charge in [0.15, 0.2) is 0 Å². The molecule has 0 saturated heterocycles. The number of nitrogen functional groups attached to an aromatic ring is 1. The molecule has 0 aromatic heterocycles. The van der Waals surface area contributed by atoms with Crippen LogP contribution in [0.5, 0.6) is 0 Å². The minimum atomic E-state index is -0.414. The lowest BCUT2D eigenvalue weighted by Gasteiger charge is -2.07. The van der Waals surface area contributed by atoms with Crippen molar-refractivity contribution < 1.29 is 14.3 Å². The highest BCUT2D eigenvalue weighted by atomic mass is 16.5. The molecule has 1 aromatic carbocycles. The van der Waals surface area contributed by atoms with Gasteiger partial charge in [-0.15, -0.1) is 0 Å². The van der Waals surface area contributed by atoms with Gasteiger partial charge in [0.25, 0.3) is 0 Å². The maximum absolute atomic E-state index is 11.3. The summed E-state index contributed by atoms with van der Waals surface area (Å²) in [5.41, 5.74) is 12.8. The van der Waals surface area contributed by atoms with Crippen molar-refractivity contribution in [1.29, 1.82) is 0 Å². The third kappa shape index (κ3) is 4.14. The molecule has 0 aliphatic heterocycles. The van der Waals surface area contributed by atoms with Crippen molar-refractivity contribution in [2.24, 2.45) is 5.73 Å². The lowest BCUT2D eigenvalue weighted by Crippen LogP contribution is -2.14. The largest absolute Gasteiger partial charge is 0.466 e. The maximum Gasteiger partial charge on any atom is 0.310 e. The number of carbonyl (C=O) groups excluding carboxylic acids is 2.